The number of hydrogen-bond donors (Lipinski definition) is 1. The van der Waals surface area contributed by atoms with E-state index in [9.17, 15) is 0 Å². The first kappa shape index (κ1) is 11.0. The van der Waals surface area contributed by atoms with Crippen molar-refractivity contribution in [1.29, 1.82) is 0 Å². The summed E-state index contributed by atoms with van der Waals surface area (Å²) in [5.74, 6) is 0. The van der Waals surface area contributed by atoms with E-state index < -0.39 is 0 Å². The van der Waals surface area contributed by atoms with Gasteiger partial charge in [0.2, 0.25) is 0 Å². The zero-order valence-corrected chi connectivity index (χ0v) is 9.56. The first-order valence-electron chi connectivity index (χ1n) is 5.31. The van der Waals surface area contributed by atoms with Crippen LogP contribution in [0, 0.1) is 5.41 Å². The van der Waals surface area contributed by atoms with Crippen LogP contribution in [-0.4, -0.2) is 30.6 Å². The van der Waals surface area contributed by atoms with Crippen LogP contribution in [0.4, 0.5) is 0 Å². The minimum Gasteiger partial charge on any atom is -0.330 e. The van der Waals surface area contributed by atoms with E-state index >= 15 is 0 Å². The van der Waals surface area contributed by atoms with Crippen LogP contribution in [0.3, 0.4) is 0 Å². The Morgan fingerprint density at radius 2 is 1.85 bits per heavy atom. The average molecular weight is 184 g/mol. The van der Waals surface area contributed by atoms with Gasteiger partial charge in [-0.05, 0) is 52.6 Å². The number of nitrogens with zero attached hydrogens (tertiary/aromatic N) is 1. The molecule has 0 aromatic rings. The lowest BCUT2D eigenvalue weighted by molar-refractivity contribution is 0.0450. The number of nitrogens with two attached hydrogens (primary N) is 1. The smallest absolute Gasteiger partial charge is 0.0122 e. The molecule has 0 radical (unpaired) electrons. The minimum atomic E-state index is 0.276. The molecule has 2 heteroatoms. The van der Waals surface area contributed by atoms with E-state index in [2.05, 4.69) is 32.7 Å². The molecule has 0 amide bonds. The molecule has 13 heavy (non-hydrogen) atoms. The third-order valence-electron chi connectivity index (χ3n) is 3.56. The van der Waals surface area contributed by atoms with Gasteiger partial charge in [0, 0.05) is 12.1 Å². The van der Waals surface area contributed by atoms with Crippen molar-refractivity contribution in [2.75, 3.05) is 20.1 Å². The molecule has 1 aliphatic rings. The van der Waals surface area contributed by atoms with E-state index in [1.54, 1.807) is 0 Å². The Balaban J connectivity index is 2.47. The van der Waals surface area contributed by atoms with Crippen LogP contribution < -0.4 is 5.73 Å². The Hall–Kier alpha value is -0.0800. The highest BCUT2D eigenvalue weighted by molar-refractivity contribution is 4.92. The molecule has 0 aromatic heterocycles. The lowest BCUT2D eigenvalue weighted by atomic mass is 9.68. The zero-order valence-electron chi connectivity index (χ0n) is 9.56. The second-order valence-electron chi connectivity index (χ2n) is 5.58. The maximum Gasteiger partial charge on any atom is 0.0122 e. The molecule has 1 fully saturated rings. The van der Waals surface area contributed by atoms with Gasteiger partial charge in [-0.3, -0.25) is 0 Å². The quantitative estimate of drug-likeness (QED) is 0.725. The summed E-state index contributed by atoms with van der Waals surface area (Å²) in [6.07, 6.45) is 4.02. The van der Waals surface area contributed by atoms with Crippen molar-refractivity contribution in [2.24, 2.45) is 11.1 Å². The third kappa shape index (κ3) is 2.44. The first-order valence-corrected chi connectivity index (χ1v) is 5.31. The maximum atomic E-state index is 5.83. The van der Waals surface area contributed by atoms with Gasteiger partial charge in [-0.25, -0.2) is 0 Å². The maximum absolute atomic E-state index is 5.83. The fraction of sp³-hybridized carbons (Fsp3) is 1.00. The van der Waals surface area contributed by atoms with Crippen LogP contribution in [0.25, 0.3) is 0 Å². The molecular formula is C11H24N2. The molecule has 0 aromatic carbocycles. The predicted molar refractivity (Wildman–Crippen MR) is 57.7 cm³/mol. The molecule has 2 nitrogen and oxygen atoms in total. The summed E-state index contributed by atoms with van der Waals surface area (Å²) in [5.41, 5.74) is 6.56. The van der Waals surface area contributed by atoms with Crippen LogP contribution in [0.15, 0.2) is 0 Å². The standard InChI is InChI=1S/C11H24N2/c1-10(2,3)13(4)9-11(8-12)6-5-7-11/h5-9,12H2,1-4H3. The third-order valence-corrected chi connectivity index (χ3v) is 3.56. The zero-order chi connectivity index (χ0) is 10.1. The minimum absolute atomic E-state index is 0.276. The van der Waals surface area contributed by atoms with E-state index in [4.69, 9.17) is 5.73 Å². The highest BCUT2D eigenvalue weighted by Gasteiger charge is 2.38. The molecule has 0 unspecified atom stereocenters. The fourth-order valence-electron chi connectivity index (χ4n) is 1.84. The Bertz CT molecular complexity index is 160. The van der Waals surface area contributed by atoms with E-state index in [0.717, 1.165) is 13.1 Å². The van der Waals surface area contributed by atoms with Gasteiger partial charge in [-0.15, -0.1) is 0 Å². The molecule has 0 aliphatic heterocycles. The molecule has 0 spiro atoms. The van der Waals surface area contributed by atoms with Gasteiger partial charge in [0.15, 0.2) is 0 Å². The van der Waals surface area contributed by atoms with Crippen LogP contribution in [0.5, 0.6) is 0 Å². The van der Waals surface area contributed by atoms with Gasteiger partial charge in [-0.1, -0.05) is 6.42 Å². The summed E-state index contributed by atoms with van der Waals surface area (Å²) in [6.45, 7) is 8.79. The van der Waals surface area contributed by atoms with E-state index in [-0.39, 0.29) is 5.54 Å². The van der Waals surface area contributed by atoms with Gasteiger partial charge in [-0.2, -0.15) is 0 Å². The van der Waals surface area contributed by atoms with Crippen molar-refractivity contribution in [3.05, 3.63) is 0 Å². The van der Waals surface area contributed by atoms with E-state index in [1.807, 2.05) is 0 Å². The Morgan fingerprint density at radius 3 is 2.08 bits per heavy atom. The van der Waals surface area contributed by atoms with Crippen LogP contribution in [-0.2, 0) is 0 Å². The predicted octanol–water partition coefficient (Wildman–Crippen LogP) is 1.85. The second kappa shape index (κ2) is 3.58. The Morgan fingerprint density at radius 1 is 1.31 bits per heavy atom. The Labute approximate surface area is 82.5 Å². The van der Waals surface area contributed by atoms with Gasteiger partial charge in [0.05, 0.1) is 0 Å². The molecule has 1 aliphatic carbocycles. The summed E-state index contributed by atoms with van der Waals surface area (Å²) < 4.78 is 0. The Kier molecular flexibility index (Phi) is 3.03. The van der Waals surface area contributed by atoms with E-state index in [0.29, 0.717) is 5.41 Å². The van der Waals surface area contributed by atoms with Gasteiger partial charge >= 0.3 is 0 Å². The topological polar surface area (TPSA) is 29.3 Å². The van der Waals surface area contributed by atoms with E-state index in [1.165, 1.54) is 19.3 Å². The normalized spacial score (nSPS) is 21.7. The molecule has 1 saturated carbocycles. The van der Waals surface area contributed by atoms with Crippen LogP contribution in [0.2, 0.25) is 0 Å². The van der Waals surface area contributed by atoms with Crippen LogP contribution >= 0.6 is 0 Å². The summed E-state index contributed by atoms with van der Waals surface area (Å²) in [4.78, 5) is 2.43. The van der Waals surface area contributed by atoms with Crippen molar-refractivity contribution < 1.29 is 0 Å². The van der Waals surface area contributed by atoms with Crippen molar-refractivity contribution >= 4 is 0 Å². The van der Waals surface area contributed by atoms with Gasteiger partial charge in [0.25, 0.3) is 0 Å². The highest BCUT2D eigenvalue weighted by atomic mass is 15.2. The molecule has 1 rings (SSSR count). The largest absolute Gasteiger partial charge is 0.330 e. The molecular weight excluding hydrogens is 160 g/mol. The van der Waals surface area contributed by atoms with Crippen LogP contribution in [0.1, 0.15) is 40.0 Å². The number of hydrogen-bond acceptors (Lipinski definition) is 2. The van der Waals surface area contributed by atoms with Gasteiger partial charge < -0.3 is 10.6 Å². The van der Waals surface area contributed by atoms with Gasteiger partial charge in [0.1, 0.15) is 0 Å². The van der Waals surface area contributed by atoms with Crippen molar-refractivity contribution in [2.45, 2.75) is 45.6 Å². The lowest BCUT2D eigenvalue weighted by Gasteiger charge is -2.46. The summed E-state index contributed by atoms with van der Waals surface area (Å²) in [6, 6.07) is 0. The number of rotatable bonds is 3. The summed E-state index contributed by atoms with van der Waals surface area (Å²) in [7, 11) is 2.20. The molecule has 0 heterocycles. The second-order valence-corrected chi connectivity index (χ2v) is 5.58. The molecule has 0 atom stereocenters. The molecule has 2 N–H and O–H groups in total. The first-order chi connectivity index (χ1) is 5.90. The lowest BCUT2D eigenvalue weighted by Crippen LogP contribution is -2.51. The summed E-state index contributed by atoms with van der Waals surface area (Å²) in [5, 5.41) is 0. The molecule has 78 valence electrons. The van der Waals surface area contributed by atoms with Crippen molar-refractivity contribution in [3.8, 4) is 0 Å². The molecule has 0 saturated heterocycles. The average Bonchev–Trinajstić information content (AvgIpc) is 1.94. The highest BCUT2D eigenvalue weighted by Crippen LogP contribution is 2.41. The molecule has 0 bridgehead atoms. The monoisotopic (exact) mass is 184 g/mol. The SMILES string of the molecule is CN(CC1(CN)CCC1)C(C)(C)C. The summed E-state index contributed by atoms with van der Waals surface area (Å²) >= 11 is 0. The van der Waals surface area contributed by atoms with Crippen molar-refractivity contribution in [1.82, 2.24) is 4.90 Å². The van der Waals surface area contributed by atoms with Crippen molar-refractivity contribution in [3.63, 3.8) is 0 Å². The fourth-order valence-corrected chi connectivity index (χ4v) is 1.84.